The van der Waals surface area contributed by atoms with Gasteiger partial charge in [-0.3, -0.25) is 4.98 Å². The fraction of sp³-hybridized carbons (Fsp3) is 0. The first-order valence-electron chi connectivity index (χ1n) is 3.58. The summed E-state index contributed by atoms with van der Waals surface area (Å²) in [6, 6.07) is 5.52. The number of benzene rings is 1. The fourth-order valence-corrected chi connectivity index (χ4v) is 1.93. The summed E-state index contributed by atoms with van der Waals surface area (Å²) in [5, 5.41) is 2.00. The van der Waals surface area contributed by atoms with Crippen molar-refractivity contribution in [2.45, 2.75) is 0 Å². The molecule has 1 aromatic heterocycles. The number of pyridine rings is 1. The molecular formula is C9H4BrCl2N. The summed E-state index contributed by atoms with van der Waals surface area (Å²) in [5.41, 5.74) is 0.726. The molecule has 0 amide bonds. The van der Waals surface area contributed by atoms with Gasteiger partial charge in [-0.1, -0.05) is 45.2 Å². The summed E-state index contributed by atoms with van der Waals surface area (Å²) < 4.78 is 0.969. The quantitative estimate of drug-likeness (QED) is 0.699. The molecule has 0 aliphatic rings. The fourth-order valence-electron chi connectivity index (χ4n) is 1.13. The Morgan fingerprint density at radius 1 is 1.15 bits per heavy atom. The van der Waals surface area contributed by atoms with Crippen molar-refractivity contribution in [1.82, 2.24) is 4.98 Å². The molecular weight excluding hydrogens is 273 g/mol. The first kappa shape index (κ1) is 9.25. The topological polar surface area (TPSA) is 12.9 Å². The van der Waals surface area contributed by atoms with Crippen molar-refractivity contribution in [2.75, 3.05) is 0 Å². The van der Waals surface area contributed by atoms with Crippen LogP contribution in [0, 0.1) is 0 Å². The lowest BCUT2D eigenvalue weighted by Gasteiger charge is -2.02. The lowest BCUT2D eigenvalue weighted by Crippen LogP contribution is -1.81. The molecule has 0 saturated heterocycles. The maximum absolute atomic E-state index is 5.98. The lowest BCUT2D eigenvalue weighted by atomic mass is 10.2. The van der Waals surface area contributed by atoms with Crippen molar-refractivity contribution in [1.29, 1.82) is 0 Å². The van der Waals surface area contributed by atoms with Crippen molar-refractivity contribution >= 4 is 50.0 Å². The summed E-state index contributed by atoms with van der Waals surface area (Å²) in [6.07, 6.45) is 1.69. The minimum absolute atomic E-state index is 0.500. The van der Waals surface area contributed by atoms with Gasteiger partial charge >= 0.3 is 0 Å². The maximum atomic E-state index is 5.98. The number of fused-ring (bicyclic) bond motifs is 1. The standard InChI is InChI=1S/C9H4BrCl2N/c10-6-3-4-13-9-5(6)1-2-7(11)8(9)12/h1-4H. The van der Waals surface area contributed by atoms with Gasteiger partial charge in [0.25, 0.3) is 0 Å². The second-order valence-electron chi connectivity index (χ2n) is 2.55. The summed E-state index contributed by atoms with van der Waals surface area (Å²) in [7, 11) is 0. The molecule has 0 spiro atoms. The van der Waals surface area contributed by atoms with Gasteiger partial charge in [0.1, 0.15) is 0 Å². The molecule has 13 heavy (non-hydrogen) atoms. The summed E-state index contributed by atoms with van der Waals surface area (Å²) in [4.78, 5) is 4.16. The number of hydrogen-bond donors (Lipinski definition) is 0. The third kappa shape index (κ3) is 1.54. The molecule has 2 aromatic rings. The smallest absolute Gasteiger partial charge is 0.0914 e. The average Bonchev–Trinajstić information content (AvgIpc) is 2.12. The second kappa shape index (κ2) is 3.45. The molecule has 0 atom stereocenters. The van der Waals surface area contributed by atoms with Gasteiger partial charge in [0.15, 0.2) is 0 Å². The minimum atomic E-state index is 0.500. The average molecular weight is 277 g/mol. The van der Waals surface area contributed by atoms with Gasteiger partial charge in [0.2, 0.25) is 0 Å². The highest BCUT2D eigenvalue weighted by Gasteiger charge is 2.06. The highest BCUT2D eigenvalue weighted by atomic mass is 79.9. The zero-order chi connectivity index (χ0) is 9.42. The molecule has 0 bridgehead atoms. The van der Waals surface area contributed by atoms with Gasteiger partial charge in [-0.15, -0.1) is 0 Å². The van der Waals surface area contributed by atoms with Crippen LogP contribution >= 0.6 is 39.1 Å². The molecule has 0 radical (unpaired) electrons. The van der Waals surface area contributed by atoms with Crippen molar-refractivity contribution in [2.24, 2.45) is 0 Å². The summed E-state index contributed by atoms with van der Waals surface area (Å²) in [6.45, 7) is 0. The Morgan fingerprint density at radius 3 is 2.69 bits per heavy atom. The maximum Gasteiger partial charge on any atom is 0.0914 e. The van der Waals surface area contributed by atoms with E-state index in [0.717, 1.165) is 15.4 Å². The largest absolute Gasteiger partial charge is 0.255 e. The van der Waals surface area contributed by atoms with E-state index in [1.165, 1.54) is 0 Å². The van der Waals surface area contributed by atoms with E-state index in [2.05, 4.69) is 20.9 Å². The second-order valence-corrected chi connectivity index (χ2v) is 4.19. The van der Waals surface area contributed by atoms with Crippen molar-refractivity contribution in [3.8, 4) is 0 Å². The minimum Gasteiger partial charge on any atom is -0.255 e. The molecule has 2 rings (SSSR count). The Morgan fingerprint density at radius 2 is 1.92 bits per heavy atom. The Labute approximate surface area is 93.8 Å². The van der Waals surface area contributed by atoms with Crippen LogP contribution in [0.5, 0.6) is 0 Å². The van der Waals surface area contributed by atoms with E-state index < -0.39 is 0 Å². The van der Waals surface area contributed by atoms with E-state index in [1.54, 1.807) is 12.3 Å². The number of rotatable bonds is 0. The Hall–Kier alpha value is -0.310. The van der Waals surface area contributed by atoms with Gasteiger partial charge < -0.3 is 0 Å². The predicted molar refractivity (Wildman–Crippen MR) is 59.5 cm³/mol. The third-order valence-corrected chi connectivity index (χ3v) is 3.24. The van der Waals surface area contributed by atoms with Crippen molar-refractivity contribution in [3.63, 3.8) is 0 Å². The first-order valence-corrected chi connectivity index (χ1v) is 5.13. The highest BCUT2D eigenvalue weighted by Crippen LogP contribution is 2.32. The van der Waals surface area contributed by atoms with Crippen LogP contribution in [-0.2, 0) is 0 Å². The molecule has 1 nitrogen and oxygen atoms in total. The Balaban J connectivity index is 2.94. The van der Waals surface area contributed by atoms with Crippen LogP contribution < -0.4 is 0 Å². The Bertz CT molecular complexity index is 470. The molecule has 1 aromatic carbocycles. The van der Waals surface area contributed by atoms with E-state index in [-0.39, 0.29) is 0 Å². The molecule has 0 aliphatic heterocycles. The zero-order valence-corrected chi connectivity index (χ0v) is 9.49. The molecule has 0 N–H and O–H groups in total. The molecule has 0 fully saturated rings. The van der Waals surface area contributed by atoms with Crippen LogP contribution in [0.3, 0.4) is 0 Å². The number of aromatic nitrogens is 1. The zero-order valence-electron chi connectivity index (χ0n) is 6.39. The van der Waals surface area contributed by atoms with E-state index >= 15 is 0 Å². The van der Waals surface area contributed by atoms with Gasteiger partial charge in [-0.05, 0) is 12.1 Å². The van der Waals surface area contributed by atoms with E-state index in [1.807, 2.05) is 12.1 Å². The van der Waals surface area contributed by atoms with Gasteiger partial charge in [0.05, 0.1) is 15.6 Å². The van der Waals surface area contributed by atoms with Crippen LogP contribution in [0.15, 0.2) is 28.9 Å². The SMILES string of the molecule is Clc1ccc2c(Br)ccnc2c1Cl. The molecule has 0 saturated carbocycles. The summed E-state index contributed by atoms with van der Waals surface area (Å²) in [5.74, 6) is 0. The monoisotopic (exact) mass is 275 g/mol. The highest BCUT2D eigenvalue weighted by molar-refractivity contribution is 9.10. The molecule has 4 heteroatoms. The van der Waals surface area contributed by atoms with E-state index in [9.17, 15) is 0 Å². The molecule has 66 valence electrons. The van der Waals surface area contributed by atoms with Gasteiger partial charge in [-0.25, -0.2) is 0 Å². The summed E-state index contributed by atoms with van der Waals surface area (Å²) >= 11 is 15.2. The van der Waals surface area contributed by atoms with Gasteiger partial charge in [-0.2, -0.15) is 0 Å². The third-order valence-electron chi connectivity index (χ3n) is 1.75. The number of nitrogens with zero attached hydrogens (tertiary/aromatic N) is 1. The van der Waals surface area contributed by atoms with Crippen LogP contribution in [0.1, 0.15) is 0 Å². The number of hydrogen-bond acceptors (Lipinski definition) is 1. The van der Waals surface area contributed by atoms with Gasteiger partial charge in [0, 0.05) is 16.1 Å². The first-order chi connectivity index (χ1) is 6.20. The van der Waals surface area contributed by atoms with E-state index in [0.29, 0.717) is 10.0 Å². The van der Waals surface area contributed by atoms with Crippen molar-refractivity contribution in [3.05, 3.63) is 38.9 Å². The molecule has 1 heterocycles. The molecule has 0 unspecified atom stereocenters. The lowest BCUT2D eigenvalue weighted by molar-refractivity contribution is 1.40. The van der Waals surface area contributed by atoms with Crippen LogP contribution in [0.2, 0.25) is 10.0 Å². The normalized spacial score (nSPS) is 10.7. The molecule has 0 aliphatic carbocycles. The van der Waals surface area contributed by atoms with Crippen LogP contribution in [0.4, 0.5) is 0 Å². The van der Waals surface area contributed by atoms with Crippen LogP contribution in [-0.4, -0.2) is 4.98 Å². The Kier molecular flexibility index (Phi) is 2.45. The van der Waals surface area contributed by atoms with Crippen molar-refractivity contribution < 1.29 is 0 Å². The van der Waals surface area contributed by atoms with Crippen LogP contribution in [0.25, 0.3) is 10.9 Å². The van der Waals surface area contributed by atoms with E-state index in [4.69, 9.17) is 23.2 Å². The predicted octanol–water partition coefficient (Wildman–Crippen LogP) is 4.30. The number of halogens is 3.